The van der Waals surface area contributed by atoms with Gasteiger partial charge in [-0.2, -0.15) is 11.8 Å². The van der Waals surface area contributed by atoms with Gasteiger partial charge in [0, 0.05) is 18.1 Å². The Morgan fingerprint density at radius 2 is 2.00 bits per heavy atom. The Morgan fingerprint density at radius 3 is 2.43 bits per heavy atom. The van der Waals surface area contributed by atoms with Crippen LogP contribution in [0.25, 0.3) is 0 Å². The SMILES string of the molecule is CCN(C1CC1)C1(CN)CCSCC1. The molecule has 2 N–H and O–H groups in total. The van der Waals surface area contributed by atoms with Gasteiger partial charge in [-0.05, 0) is 43.7 Å². The second-order valence-corrected chi connectivity index (χ2v) is 5.78. The molecular weight excluding hydrogens is 192 g/mol. The molecule has 3 heteroatoms. The summed E-state index contributed by atoms with van der Waals surface area (Å²) in [5, 5.41) is 0. The molecule has 0 aromatic carbocycles. The molecule has 0 aromatic heterocycles. The Morgan fingerprint density at radius 1 is 1.36 bits per heavy atom. The first-order valence-corrected chi connectivity index (χ1v) is 7.02. The number of rotatable bonds is 4. The minimum Gasteiger partial charge on any atom is -0.329 e. The lowest BCUT2D eigenvalue weighted by atomic mass is 9.89. The van der Waals surface area contributed by atoms with Gasteiger partial charge in [0.25, 0.3) is 0 Å². The summed E-state index contributed by atoms with van der Waals surface area (Å²) in [6.07, 6.45) is 5.42. The molecule has 14 heavy (non-hydrogen) atoms. The zero-order valence-electron chi connectivity index (χ0n) is 9.17. The Labute approximate surface area is 91.6 Å². The lowest BCUT2D eigenvalue weighted by molar-refractivity contribution is 0.0819. The highest BCUT2D eigenvalue weighted by Gasteiger charge is 2.43. The minimum absolute atomic E-state index is 0.362. The first-order chi connectivity index (χ1) is 6.82. The monoisotopic (exact) mass is 214 g/mol. The molecule has 0 amide bonds. The number of hydrogen-bond acceptors (Lipinski definition) is 3. The fraction of sp³-hybridized carbons (Fsp3) is 1.00. The van der Waals surface area contributed by atoms with Crippen LogP contribution in [0, 0.1) is 0 Å². The second kappa shape index (κ2) is 4.42. The van der Waals surface area contributed by atoms with E-state index in [1.54, 1.807) is 0 Å². The normalized spacial score (nSPS) is 26.8. The largest absolute Gasteiger partial charge is 0.329 e. The van der Waals surface area contributed by atoms with Crippen molar-refractivity contribution in [2.75, 3.05) is 24.6 Å². The van der Waals surface area contributed by atoms with Crippen molar-refractivity contribution >= 4 is 11.8 Å². The average molecular weight is 214 g/mol. The van der Waals surface area contributed by atoms with E-state index in [9.17, 15) is 0 Å². The molecule has 2 fully saturated rings. The molecule has 0 aromatic rings. The third-order valence-electron chi connectivity index (χ3n) is 3.74. The van der Waals surface area contributed by atoms with Gasteiger partial charge in [0.05, 0.1) is 0 Å². The van der Waals surface area contributed by atoms with Crippen LogP contribution >= 0.6 is 11.8 Å². The maximum Gasteiger partial charge on any atom is 0.0350 e. The number of nitrogens with zero attached hydrogens (tertiary/aromatic N) is 1. The van der Waals surface area contributed by atoms with Crippen molar-refractivity contribution in [1.29, 1.82) is 0 Å². The smallest absolute Gasteiger partial charge is 0.0350 e. The van der Waals surface area contributed by atoms with Gasteiger partial charge < -0.3 is 5.73 Å². The molecule has 1 heterocycles. The van der Waals surface area contributed by atoms with E-state index < -0.39 is 0 Å². The van der Waals surface area contributed by atoms with Crippen LogP contribution in [0.4, 0.5) is 0 Å². The van der Waals surface area contributed by atoms with E-state index in [1.807, 2.05) is 0 Å². The van der Waals surface area contributed by atoms with E-state index in [1.165, 1.54) is 43.7 Å². The van der Waals surface area contributed by atoms with Crippen molar-refractivity contribution in [3.05, 3.63) is 0 Å². The van der Waals surface area contributed by atoms with E-state index in [-0.39, 0.29) is 0 Å². The molecule has 2 nitrogen and oxygen atoms in total. The molecule has 0 atom stereocenters. The second-order valence-electron chi connectivity index (χ2n) is 4.56. The minimum atomic E-state index is 0.362. The van der Waals surface area contributed by atoms with Gasteiger partial charge in [0.15, 0.2) is 0 Å². The van der Waals surface area contributed by atoms with Crippen LogP contribution in [0.2, 0.25) is 0 Å². The highest BCUT2D eigenvalue weighted by molar-refractivity contribution is 7.99. The van der Waals surface area contributed by atoms with E-state index in [0.29, 0.717) is 5.54 Å². The number of likely N-dealkylation sites (N-methyl/N-ethyl adjacent to an activating group) is 1. The van der Waals surface area contributed by atoms with Gasteiger partial charge in [-0.1, -0.05) is 6.92 Å². The molecule has 0 bridgehead atoms. The Balaban J connectivity index is 2.06. The van der Waals surface area contributed by atoms with Crippen molar-refractivity contribution in [3.8, 4) is 0 Å². The molecule has 2 rings (SSSR count). The number of thioether (sulfide) groups is 1. The quantitative estimate of drug-likeness (QED) is 0.772. The molecule has 82 valence electrons. The van der Waals surface area contributed by atoms with Gasteiger partial charge in [-0.3, -0.25) is 4.90 Å². The fourth-order valence-electron chi connectivity index (χ4n) is 2.73. The van der Waals surface area contributed by atoms with E-state index in [4.69, 9.17) is 5.73 Å². The zero-order valence-corrected chi connectivity index (χ0v) is 9.98. The molecule has 0 unspecified atom stereocenters. The molecule has 1 saturated heterocycles. The molecule has 1 saturated carbocycles. The van der Waals surface area contributed by atoms with Crippen LogP contribution in [0.5, 0.6) is 0 Å². The first-order valence-electron chi connectivity index (χ1n) is 5.87. The standard InChI is InChI=1S/C11H22N2S/c1-2-13(10-3-4-10)11(9-12)5-7-14-8-6-11/h10H,2-9,12H2,1H3. The molecule has 1 aliphatic heterocycles. The molecule has 1 aliphatic carbocycles. The topological polar surface area (TPSA) is 29.3 Å². The third kappa shape index (κ3) is 1.95. The van der Waals surface area contributed by atoms with E-state index >= 15 is 0 Å². The third-order valence-corrected chi connectivity index (χ3v) is 4.73. The lowest BCUT2D eigenvalue weighted by Gasteiger charge is -2.45. The summed E-state index contributed by atoms with van der Waals surface area (Å²) in [7, 11) is 0. The van der Waals surface area contributed by atoms with Gasteiger partial charge in [-0.25, -0.2) is 0 Å². The summed E-state index contributed by atoms with van der Waals surface area (Å²) in [5.74, 6) is 2.61. The molecule has 0 spiro atoms. The number of hydrogen-bond donors (Lipinski definition) is 1. The summed E-state index contributed by atoms with van der Waals surface area (Å²) < 4.78 is 0. The predicted octanol–water partition coefficient (Wildman–Crippen LogP) is 1.70. The van der Waals surface area contributed by atoms with Crippen molar-refractivity contribution in [3.63, 3.8) is 0 Å². The Kier molecular flexibility index (Phi) is 3.40. The highest BCUT2D eigenvalue weighted by Crippen LogP contribution is 2.39. The van der Waals surface area contributed by atoms with Gasteiger partial charge in [0.2, 0.25) is 0 Å². The van der Waals surface area contributed by atoms with Gasteiger partial charge >= 0.3 is 0 Å². The Hall–Kier alpha value is 0.270. The lowest BCUT2D eigenvalue weighted by Crippen LogP contribution is -2.56. The summed E-state index contributed by atoms with van der Waals surface area (Å²) >= 11 is 2.09. The molecule has 0 radical (unpaired) electrons. The summed E-state index contributed by atoms with van der Waals surface area (Å²) in [5.41, 5.74) is 6.39. The van der Waals surface area contributed by atoms with E-state index in [2.05, 4.69) is 23.6 Å². The van der Waals surface area contributed by atoms with Crippen molar-refractivity contribution < 1.29 is 0 Å². The van der Waals surface area contributed by atoms with Crippen LogP contribution in [-0.2, 0) is 0 Å². The summed E-state index contributed by atoms with van der Waals surface area (Å²) in [6, 6.07) is 0.867. The molecule has 2 aliphatic rings. The number of nitrogens with two attached hydrogens (primary N) is 1. The van der Waals surface area contributed by atoms with Crippen LogP contribution in [0.3, 0.4) is 0 Å². The fourth-order valence-corrected chi connectivity index (χ4v) is 3.98. The highest BCUT2D eigenvalue weighted by atomic mass is 32.2. The van der Waals surface area contributed by atoms with Crippen molar-refractivity contribution in [2.24, 2.45) is 5.73 Å². The maximum absolute atomic E-state index is 6.03. The van der Waals surface area contributed by atoms with E-state index in [0.717, 1.165) is 12.6 Å². The van der Waals surface area contributed by atoms with Crippen molar-refractivity contribution in [1.82, 2.24) is 4.90 Å². The summed E-state index contributed by atoms with van der Waals surface area (Å²) in [4.78, 5) is 2.70. The van der Waals surface area contributed by atoms with Crippen LogP contribution < -0.4 is 5.73 Å². The van der Waals surface area contributed by atoms with Crippen LogP contribution in [-0.4, -0.2) is 41.1 Å². The zero-order chi connectivity index (χ0) is 10.0. The van der Waals surface area contributed by atoms with Crippen molar-refractivity contribution in [2.45, 2.75) is 44.2 Å². The first kappa shape index (κ1) is 10.8. The Bertz CT molecular complexity index is 186. The molecular formula is C11H22N2S. The van der Waals surface area contributed by atoms with Gasteiger partial charge in [0.1, 0.15) is 0 Å². The summed E-state index contributed by atoms with van der Waals surface area (Å²) in [6.45, 7) is 4.34. The van der Waals surface area contributed by atoms with Gasteiger partial charge in [-0.15, -0.1) is 0 Å². The average Bonchev–Trinajstić information content (AvgIpc) is 3.05. The predicted molar refractivity (Wildman–Crippen MR) is 63.7 cm³/mol. The van der Waals surface area contributed by atoms with Crippen LogP contribution in [0.15, 0.2) is 0 Å². The maximum atomic E-state index is 6.03. The van der Waals surface area contributed by atoms with Crippen LogP contribution in [0.1, 0.15) is 32.6 Å².